The van der Waals surface area contributed by atoms with E-state index in [1.807, 2.05) is 19.1 Å². The third-order valence-electron chi connectivity index (χ3n) is 2.71. The quantitative estimate of drug-likeness (QED) is 0.574. The summed E-state index contributed by atoms with van der Waals surface area (Å²) in [6.07, 6.45) is 4.29. The minimum Gasteiger partial charge on any atom is -0.480 e. The second-order valence-corrected chi connectivity index (χ2v) is 6.01. The summed E-state index contributed by atoms with van der Waals surface area (Å²) < 4.78 is 28.1. The van der Waals surface area contributed by atoms with Crippen molar-refractivity contribution < 1.29 is 18.3 Å². The van der Waals surface area contributed by atoms with Crippen LogP contribution in [0.3, 0.4) is 0 Å². The Morgan fingerprint density at radius 1 is 1.45 bits per heavy atom. The van der Waals surface area contributed by atoms with Crippen LogP contribution in [0.4, 0.5) is 0 Å². The number of carbonyl (C=O) groups is 1. The average Bonchev–Trinajstić information content (AvgIpc) is 2.60. The van der Waals surface area contributed by atoms with Crippen molar-refractivity contribution >= 4 is 16.0 Å². The fourth-order valence-corrected chi connectivity index (χ4v) is 3.32. The molecular formula is C12H19N3O4S. The molecule has 0 aliphatic rings. The molecule has 0 spiro atoms. The van der Waals surface area contributed by atoms with E-state index in [1.165, 1.54) is 4.68 Å². The summed E-state index contributed by atoms with van der Waals surface area (Å²) in [4.78, 5) is 10.8. The molecule has 112 valence electrons. The number of nitrogens with one attached hydrogen (secondary N) is 1. The zero-order valence-corrected chi connectivity index (χ0v) is 12.6. The van der Waals surface area contributed by atoms with Crippen LogP contribution in [-0.4, -0.2) is 35.8 Å². The van der Waals surface area contributed by atoms with Gasteiger partial charge in [-0.3, -0.25) is 9.48 Å². The molecule has 0 aromatic carbocycles. The van der Waals surface area contributed by atoms with Crippen molar-refractivity contribution in [2.24, 2.45) is 0 Å². The van der Waals surface area contributed by atoms with Crippen LogP contribution in [0.1, 0.15) is 24.7 Å². The monoisotopic (exact) mass is 301 g/mol. The highest BCUT2D eigenvalue weighted by Gasteiger charge is 2.24. The van der Waals surface area contributed by atoms with E-state index in [4.69, 9.17) is 5.11 Å². The van der Waals surface area contributed by atoms with Crippen molar-refractivity contribution in [3.63, 3.8) is 0 Å². The van der Waals surface area contributed by atoms with Gasteiger partial charge < -0.3 is 5.11 Å². The maximum atomic E-state index is 12.2. The Bertz CT molecular complexity index is 617. The minimum atomic E-state index is -3.68. The Balaban J connectivity index is 3.00. The molecule has 0 amide bonds. The largest absolute Gasteiger partial charge is 0.480 e. The number of carboxylic acids is 1. The van der Waals surface area contributed by atoms with E-state index in [1.54, 1.807) is 13.8 Å². The molecule has 1 aromatic heterocycles. The predicted octanol–water partition coefficient (Wildman–Crippen LogP) is 0.829. The van der Waals surface area contributed by atoms with Gasteiger partial charge in [0.05, 0.1) is 11.4 Å². The summed E-state index contributed by atoms with van der Waals surface area (Å²) in [5.74, 6) is -1.07. The molecule has 0 aliphatic heterocycles. The van der Waals surface area contributed by atoms with Crippen LogP contribution in [-0.2, 0) is 21.4 Å². The third-order valence-corrected chi connectivity index (χ3v) is 4.42. The van der Waals surface area contributed by atoms with E-state index < -0.39 is 16.0 Å². The van der Waals surface area contributed by atoms with Gasteiger partial charge in [0.25, 0.3) is 0 Å². The van der Waals surface area contributed by atoms with Gasteiger partial charge in [0.15, 0.2) is 0 Å². The van der Waals surface area contributed by atoms with Crippen LogP contribution >= 0.6 is 0 Å². The Morgan fingerprint density at radius 3 is 2.65 bits per heavy atom. The number of carboxylic acid groups (broad SMARTS) is 1. The van der Waals surface area contributed by atoms with Crippen LogP contribution in [0.5, 0.6) is 0 Å². The second-order valence-electron chi connectivity index (χ2n) is 4.31. The smallest absolute Gasteiger partial charge is 0.325 e. The molecule has 0 bridgehead atoms. The van der Waals surface area contributed by atoms with Gasteiger partial charge >= 0.3 is 5.97 Å². The third kappa shape index (κ3) is 3.91. The van der Waals surface area contributed by atoms with E-state index >= 15 is 0 Å². The zero-order valence-electron chi connectivity index (χ0n) is 11.8. The van der Waals surface area contributed by atoms with E-state index in [-0.39, 0.29) is 18.0 Å². The molecule has 2 N–H and O–H groups in total. The lowest BCUT2D eigenvalue weighted by molar-refractivity contribution is -0.137. The second kappa shape index (κ2) is 6.67. The van der Waals surface area contributed by atoms with Gasteiger partial charge in [-0.2, -0.15) is 5.10 Å². The van der Waals surface area contributed by atoms with Gasteiger partial charge in [0, 0.05) is 6.54 Å². The first kappa shape index (κ1) is 16.4. The predicted molar refractivity (Wildman–Crippen MR) is 74.0 cm³/mol. The first-order valence-corrected chi connectivity index (χ1v) is 7.64. The molecule has 0 fully saturated rings. The summed E-state index contributed by atoms with van der Waals surface area (Å²) in [5.41, 5.74) is 0.616. The number of aromatic nitrogens is 2. The zero-order chi connectivity index (χ0) is 15.3. The number of nitrogens with zero attached hydrogens (tertiary/aromatic N) is 2. The number of sulfonamides is 1. The molecule has 0 unspecified atom stereocenters. The first-order valence-electron chi connectivity index (χ1n) is 6.16. The fourth-order valence-electron chi connectivity index (χ4n) is 1.87. The SMILES string of the molecule is C/C=C/CCNS(=O)(=O)c1c(C)nn(CC(=O)O)c1C. The van der Waals surface area contributed by atoms with Crippen LogP contribution < -0.4 is 4.72 Å². The summed E-state index contributed by atoms with van der Waals surface area (Å²) in [6.45, 7) is 4.88. The van der Waals surface area contributed by atoms with Crippen molar-refractivity contribution in [2.75, 3.05) is 6.54 Å². The van der Waals surface area contributed by atoms with Gasteiger partial charge in [-0.15, -0.1) is 0 Å². The number of hydrogen-bond donors (Lipinski definition) is 2. The van der Waals surface area contributed by atoms with E-state index in [0.29, 0.717) is 17.8 Å². The van der Waals surface area contributed by atoms with Crippen molar-refractivity contribution in [3.8, 4) is 0 Å². The number of aryl methyl sites for hydroxylation is 1. The number of allylic oxidation sites excluding steroid dienone is 1. The maximum Gasteiger partial charge on any atom is 0.325 e. The van der Waals surface area contributed by atoms with Gasteiger partial charge in [-0.05, 0) is 27.2 Å². The lowest BCUT2D eigenvalue weighted by atomic mass is 10.4. The molecule has 8 heteroatoms. The number of rotatable bonds is 7. The van der Waals surface area contributed by atoms with Crippen molar-refractivity contribution in [3.05, 3.63) is 23.5 Å². The summed E-state index contributed by atoms with van der Waals surface area (Å²) >= 11 is 0. The number of hydrogen-bond acceptors (Lipinski definition) is 4. The van der Waals surface area contributed by atoms with Crippen molar-refractivity contribution in [1.82, 2.24) is 14.5 Å². The van der Waals surface area contributed by atoms with Crippen molar-refractivity contribution in [2.45, 2.75) is 38.6 Å². The Kier molecular flexibility index (Phi) is 5.46. The molecule has 7 nitrogen and oxygen atoms in total. The first-order chi connectivity index (χ1) is 9.29. The molecule has 20 heavy (non-hydrogen) atoms. The molecular weight excluding hydrogens is 282 g/mol. The molecule has 1 heterocycles. The summed E-state index contributed by atoms with van der Waals surface area (Å²) in [5, 5.41) is 12.7. The normalized spacial score (nSPS) is 12.2. The molecule has 0 radical (unpaired) electrons. The average molecular weight is 301 g/mol. The number of aliphatic carboxylic acids is 1. The van der Waals surface area contributed by atoms with Crippen molar-refractivity contribution in [1.29, 1.82) is 0 Å². The van der Waals surface area contributed by atoms with Gasteiger partial charge in [0.1, 0.15) is 11.4 Å². The molecule has 1 aromatic rings. The van der Waals surface area contributed by atoms with Gasteiger partial charge in [-0.25, -0.2) is 13.1 Å². The Morgan fingerprint density at radius 2 is 2.10 bits per heavy atom. The maximum absolute atomic E-state index is 12.2. The summed E-state index contributed by atoms with van der Waals surface area (Å²) in [6, 6.07) is 0. The Labute approximate surface area is 118 Å². The van der Waals surface area contributed by atoms with Crippen LogP contribution in [0.2, 0.25) is 0 Å². The molecule has 0 saturated carbocycles. The highest BCUT2D eigenvalue weighted by molar-refractivity contribution is 7.89. The fraction of sp³-hybridized carbons (Fsp3) is 0.500. The highest BCUT2D eigenvalue weighted by atomic mass is 32.2. The van der Waals surface area contributed by atoms with Crippen LogP contribution in [0.15, 0.2) is 17.0 Å². The molecule has 1 rings (SSSR count). The highest BCUT2D eigenvalue weighted by Crippen LogP contribution is 2.19. The minimum absolute atomic E-state index is 0.0548. The lowest BCUT2D eigenvalue weighted by Crippen LogP contribution is -2.25. The molecule has 0 aliphatic carbocycles. The van der Waals surface area contributed by atoms with E-state index in [9.17, 15) is 13.2 Å². The van der Waals surface area contributed by atoms with Gasteiger partial charge in [0.2, 0.25) is 10.0 Å². The van der Waals surface area contributed by atoms with E-state index in [2.05, 4.69) is 9.82 Å². The summed E-state index contributed by atoms with van der Waals surface area (Å²) in [7, 11) is -3.68. The van der Waals surface area contributed by atoms with Gasteiger partial charge in [-0.1, -0.05) is 12.2 Å². The topological polar surface area (TPSA) is 101 Å². The van der Waals surface area contributed by atoms with Crippen LogP contribution in [0.25, 0.3) is 0 Å². The molecule has 0 atom stereocenters. The molecule has 0 saturated heterocycles. The Hall–Kier alpha value is -1.67. The lowest BCUT2D eigenvalue weighted by Gasteiger charge is -2.06. The van der Waals surface area contributed by atoms with Crippen LogP contribution in [0, 0.1) is 13.8 Å². The van der Waals surface area contributed by atoms with E-state index in [0.717, 1.165) is 0 Å². The standard InChI is InChI=1S/C12H19N3O4S/c1-4-5-6-7-13-20(18,19)12-9(2)14-15(10(12)3)8-11(16)17/h4-5,13H,6-8H2,1-3H3,(H,16,17)/b5-4+.